The quantitative estimate of drug-likeness (QED) is 0.778. The summed E-state index contributed by atoms with van der Waals surface area (Å²) in [5.41, 5.74) is 5.84. The maximum atomic E-state index is 15.4. The van der Waals surface area contributed by atoms with Crippen LogP contribution in [0.1, 0.15) is 27.0 Å². The normalized spacial score (nSPS) is 27.3. The SMILES string of the molecule is CC(C)(C)[Si](C)(C)O[C@H]1[C@@H](F)[C@H](n2cnc3c(=O)[nH]cnc32)O[C@@H]1CN. The van der Waals surface area contributed by atoms with Gasteiger partial charge in [-0.25, -0.2) is 14.4 Å². The van der Waals surface area contributed by atoms with Crippen LogP contribution in [-0.4, -0.2) is 52.8 Å². The molecule has 3 rings (SSSR count). The van der Waals surface area contributed by atoms with Crippen LogP contribution in [0, 0.1) is 0 Å². The number of hydrogen-bond donors (Lipinski definition) is 2. The second-order valence-corrected chi connectivity index (χ2v) is 12.9. The number of ether oxygens (including phenoxy) is 1. The van der Waals surface area contributed by atoms with Gasteiger partial charge in [-0.15, -0.1) is 0 Å². The average molecular weight is 384 g/mol. The molecule has 0 amide bonds. The van der Waals surface area contributed by atoms with Gasteiger partial charge in [0.25, 0.3) is 5.56 Å². The van der Waals surface area contributed by atoms with Gasteiger partial charge in [-0.2, -0.15) is 0 Å². The Morgan fingerprint density at radius 3 is 2.73 bits per heavy atom. The molecular weight excluding hydrogens is 357 g/mol. The van der Waals surface area contributed by atoms with Crippen molar-refractivity contribution in [1.29, 1.82) is 0 Å². The van der Waals surface area contributed by atoms with Crippen LogP contribution >= 0.6 is 0 Å². The highest BCUT2D eigenvalue weighted by molar-refractivity contribution is 6.74. The van der Waals surface area contributed by atoms with Gasteiger partial charge in [0.05, 0.1) is 12.7 Å². The number of alkyl halides is 1. The molecule has 2 aromatic rings. The number of nitrogens with one attached hydrogen (secondary N) is 1. The Bertz CT molecular complexity index is 846. The molecule has 144 valence electrons. The molecule has 0 unspecified atom stereocenters. The first-order chi connectivity index (χ1) is 12.1. The van der Waals surface area contributed by atoms with Crippen molar-refractivity contribution in [3.8, 4) is 0 Å². The fraction of sp³-hybridized carbons (Fsp3) is 0.688. The van der Waals surface area contributed by atoms with E-state index < -0.39 is 32.9 Å². The number of aromatic amines is 1. The van der Waals surface area contributed by atoms with Crippen LogP contribution in [0.5, 0.6) is 0 Å². The van der Waals surface area contributed by atoms with Gasteiger partial charge < -0.3 is 19.9 Å². The number of halogens is 1. The van der Waals surface area contributed by atoms with Gasteiger partial charge >= 0.3 is 0 Å². The Balaban J connectivity index is 1.94. The second-order valence-electron chi connectivity index (χ2n) is 8.14. The van der Waals surface area contributed by atoms with E-state index in [-0.39, 0.29) is 28.3 Å². The van der Waals surface area contributed by atoms with Crippen LogP contribution in [0.2, 0.25) is 18.1 Å². The lowest BCUT2D eigenvalue weighted by Gasteiger charge is -2.39. The fourth-order valence-corrected chi connectivity index (χ4v) is 4.13. The molecular formula is C16H26FN5O3Si. The van der Waals surface area contributed by atoms with E-state index in [1.54, 1.807) is 0 Å². The summed E-state index contributed by atoms with van der Waals surface area (Å²) in [6.07, 6.45) is -1.16. The number of hydrogen-bond acceptors (Lipinski definition) is 6. The van der Waals surface area contributed by atoms with E-state index in [1.807, 2.05) is 0 Å². The standard InChI is InChI=1S/C16H26FN5O3Si/c1-16(2,3)26(4,5)25-12-9(6-18)24-15(10(12)17)22-8-21-11-13(22)19-7-20-14(11)23/h7-10,12,15H,6,18H2,1-5H3,(H,19,20,23)/t9-,10-,12-,15-/m1/s1. The van der Waals surface area contributed by atoms with E-state index in [2.05, 4.69) is 48.8 Å². The van der Waals surface area contributed by atoms with Crippen molar-refractivity contribution in [2.75, 3.05) is 6.54 Å². The van der Waals surface area contributed by atoms with Gasteiger partial charge in [0.2, 0.25) is 0 Å². The van der Waals surface area contributed by atoms with Crippen molar-refractivity contribution in [3.63, 3.8) is 0 Å². The third-order valence-corrected chi connectivity index (χ3v) is 9.85. The van der Waals surface area contributed by atoms with E-state index in [1.165, 1.54) is 17.2 Å². The van der Waals surface area contributed by atoms with Crippen molar-refractivity contribution >= 4 is 19.5 Å². The predicted molar refractivity (Wildman–Crippen MR) is 98.1 cm³/mol. The number of rotatable bonds is 4. The van der Waals surface area contributed by atoms with Crippen LogP contribution in [0.4, 0.5) is 4.39 Å². The molecule has 2 aromatic heterocycles. The summed E-state index contributed by atoms with van der Waals surface area (Å²) in [4.78, 5) is 22.4. The maximum absolute atomic E-state index is 15.4. The average Bonchev–Trinajstić information content (AvgIpc) is 3.09. The second kappa shape index (κ2) is 6.52. The summed E-state index contributed by atoms with van der Waals surface area (Å²) in [6, 6.07) is 0. The van der Waals surface area contributed by atoms with E-state index in [4.69, 9.17) is 14.9 Å². The Morgan fingerprint density at radius 2 is 2.12 bits per heavy atom. The minimum Gasteiger partial charge on any atom is -0.408 e. The first-order valence-electron chi connectivity index (χ1n) is 8.64. The molecule has 0 spiro atoms. The molecule has 10 heteroatoms. The zero-order valence-electron chi connectivity index (χ0n) is 15.7. The highest BCUT2D eigenvalue weighted by Crippen LogP contribution is 2.42. The molecule has 4 atom stereocenters. The summed E-state index contributed by atoms with van der Waals surface area (Å²) in [6.45, 7) is 10.5. The van der Waals surface area contributed by atoms with Gasteiger partial charge in [0.1, 0.15) is 12.2 Å². The molecule has 8 nitrogen and oxygen atoms in total. The lowest BCUT2D eigenvalue weighted by atomic mass is 10.1. The highest BCUT2D eigenvalue weighted by Gasteiger charge is 2.51. The van der Waals surface area contributed by atoms with E-state index in [9.17, 15) is 4.79 Å². The third kappa shape index (κ3) is 3.11. The van der Waals surface area contributed by atoms with E-state index >= 15 is 4.39 Å². The summed E-state index contributed by atoms with van der Waals surface area (Å²) < 4.78 is 28.9. The van der Waals surface area contributed by atoms with Gasteiger partial charge in [-0.05, 0) is 18.1 Å². The third-order valence-electron chi connectivity index (χ3n) is 5.38. The molecule has 1 aliphatic rings. The summed E-state index contributed by atoms with van der Waals surface area (Å²) in [5, 5.41) is -0.0689. The molecule has 0 aromatic carbocycles. The summed E-state index contributed by atoms with van der Waals surface area (Å²) >= 11 is 0. The van der Waals surface area contributed by atoms with Crippen molar-refractivity contribution < 1.29 is 13.6 Å². The number of fused-ring (bicyclic) bond motifs is 1. The summed E-state index contributed by atoms with van der Waals surface area (Å²) in [7, 11) is -2.22. The minimum atomic E-state index is -2.22. The van der Waals surface area contributed by atoms with Crippen molar-refractivity contribution in [2.45, 2.75) is 63.5 Å². The van der Waals surface area contributed by atoms with Crippen LogP contribution < -0.4 is 11.3 Å². The first-order valence-corrected chi connectivity index (χ1v) is 11.6. The minimum absolute atomic E-state index is 0.0689. The van der Waals surface area contributed by atoms with Gasteiger partial charge in [0.15, 0.2) is 31.9 Å². The first kappa shape index (κ1) is 19.1. The zero-order valence-corrected chi connectivity index (χ0v) is 16.7. The zero-order chi connectivity index (χ0) is 19.3. The lowest BCUT2D eigenvalue weighted by molar-refractivity contribution is -0.0172. The monoisotopic (exact) mass is 383 g/mol. The molecule has 1 saturated heterocycles. The number of nitrogens with two attached hydrogens (primary N) is 1. The van der Waals surface area contributed by atoms with Crippen LogP contribution in [0.3, 0.4) is 0 Å². The van der Waals surface area contributed by atoms with Crippen molar-refractivity contribution in [2.24, 2.45) is 5.73 Å². The lowest BCUT2D eigenvalue weighted by Crippen LogP contribution is -2.49. The Labute approximate surface area is 152 Å². The fourth-order valence-electron chi connectivity index (χ4n) is 2.81. The van der Waals surface area contributed by atoms with Crippen molar-refractivity contribution in [3.05, 3.63) is 23.0 Å². The van der Waals surface area contributed by atoms with Gasteiger partial charge in [-0.3, -0.25) is 9.36 Å². The molecule has 1 aliphatic heterocycles. The Kier molecular flexibility index (Phi) is 4.80. The van der Waals surface area contributed by atoms with Crippen LogP contribution in [0.25, 0.3) is 11.2 Å². The number of nitrogens with zero attached hydrogens (tertiary/aromatic N) is 3. The van der Waals surface area contributed by atoms with Gasteiger partial charge in [0, 0.05) is 6.54 Å². The number of H-pyrrole nitrogens is 1. The van der Waals surface area contributed by atoms with Crippen molar-refractivity contribution in [1.82, 2.24) is 19.5 Å². The molecule has 0 aliphatic carbocycles. The topological polar surface area (TPSA) is 108 Å². The smallest absolute Gasteiger partial charge is 0.278 e. The Morgan fingerprint density at radius 1 is 1.42 bits per heavy atom. The molecule has 1 fully saturated rings. The highest BCUT2D eigenvalue weighted by atomic mass is 28.4. The van der Waals surface area contributed by atoms with Crippen LogP contribution in [0.15, 0.2) is 17.4 Å². The molecule has 0 bridgehead atoms. The number of aromatic nitrogens is 4. The van der Waals surface area contributed by atoms with E-state index in [0.29, 0.717) is 0 Å². The molecule has 0 radical (unpaired) electrons. The predicted octanol–water partition coefficient (Wildman–Crippen LogP) is 1.70. The van der Waals surface area contributed by atoms with Crippen LogP contribution in [-0.2, 0) is 9.16 Å². The Hall–Kier alpha value is -1.62. The number of imidazole rings is 1. The largest absolute Gasteiger partial charge is 0.408 e. The molecule has 0 saturated carbocycles. The maximum Gasteiger partial charge on any atom is 0.278 e. The molecule has 26 heavy (non-hydrogen) atoms. The van der Waals surface area contributed by atoms with E-state index in [0.717, 1.165) is 0 Å². The molecule has 3 heterocycles. The summed E-state index contributed by atoms with van der Waals surface area (Å²) in [5.74, 6) is 0. The molecule has 3 N–H and O–H groups in total. The van der Waals surface area contributed by atoms with Gasteiger partial charge in [-0.1, -0.05) is 20.8 Å².